The highest BCUT2D eigenvalue weighted by Crippen LogP contribution is 2.21. The molecule has 0 bridgehead atoms. The number of hydrogen-bond acceptors (Lipinski definition) is 3. The van der Waals surface area contributed by atoms with Crippen LogP contribution in [0.1, 0.15) is 12.5 Å². The summed E-state index contributed by atoms with van der Waals surface area (Å²) in [5.74, 6) is 0. The molecular formula is C14H17N3. The molecule has 0 aliphatic heterocycles. The van der Waals surface area contributed by atoms with E-state index in [1.165, 1.54) is 5.56 Å². The first-order chi connectivity index (χ1) is 8.29. The Balaban J connectivity index is 2.18. The van der Waals surface area contributed by atoms with Crippen molar-refractivity contribution < 1.29 is 0 Å². The quantitative estimate of drug-likeness (QED) is 0.838. The van der Waals surface area contributed by atoms with Gasteiger partial charge in [-0.3, -0.25) is 4.98 Å². The van der Waals surface area contributed by atoms with Gasteiger partial charge in [0.25, 0.3) is 0 Å². The van der Waals surface area contributed by atoms with Gasteiger partial charge in [0.1, 0.15) is 0 Å². The molecule has 0 atom stereocenters. The predicted molar refractivity (Wildman–Crippen MR) is 72.9 cm³/mol. The van der Waals surface area contributed by atoms with E-state index in [0.717, 1.165) is 23.6 Å². The van der Waals surface area contributed by atoms with Crippen LogP contribution in [0.25, 0.3) is 0 Å². The lowest BCUT2D eigenvalue weighted by Gasteiger charge is -2.10. The summed E-state index contributed by atoms with van der Waals surface area (Å²) < 4.78 is 0. The zero-order valence-corrected chi connectivity index (χ0v) is 10.2. The molecule has 2 aromatic rings. The first-order valence-corrected chi connectivity index (χ1v) is 5.81. The van der Waals surface area contributed by atoms with Gasteiger partial charge >= 0.3 is 0 Å². The first kappa shape index (κ1) is 11.5. The van der Waals surface area contributed by atoms with E-state index in [1.807, 2.05) is 24.5 Å². The van der Waals surface area contributed by atoms with Gasteiger partial charge in [0.2, 0.25) is 0 Å². The fraction of sp³-hybridized carbons (Fsp3) is 0.214. The topological polar surface area (TPSA) is 37.0 Å². The molecule has 0 spiro atoms. The summed E-state index contributed by atoms with van der Waals surface area (Å²) in [6.07, 6.45) is 3.65. The molecule has 1 aromatic heterocycles. The predicted octanol–water partition coefficient (Wildman–Crippen LogP) is 3.57. The van der Waals surface area contributed by atoms with Crippen LogP contribution in [-0.4, -0.2) is 11.5 Å². The lowest BCUT2D eigenvalue weighted by molar-refractivity contribution is 1.19. The zero-order chi connectivity index (χ0) is 12.1. The van der Waals surface area contributed by atoms with Crippen molar-refractivity contribution in [2.75, 3.05) is 17.2 Å². The summed E-state index contributed by atoms with van der Waals surface area (Å²) in [5, 5.41) is 6.61. The van der Waals surface area contributed by atoms with E-state index in [9.17, 15) is 0 Å². The van der Waals surface area contributed by atoms with Crippen molar-refractivity contribution in [2.45, 2.75) is 13.8 Å². The lowest BCUT2D eigenvalue weighted by Crippen LogP contribution is -1.99. The fourth-order valence-electron chi connectivity index (χ4n) is 1.68. The van der Waals surface area contributed by atoms with Crippen LogP contribution in [0.3, 0.4) is 0 Å². The summed E-state index contributed by atoms with van der Waals surface area (Å²) in [5.41, 5.74) is 4.37. The number of aryl methyl sites for hydroxylation is 1. The minimum absolute atomic E-state index is 0.898. The lowest BCUT2D eigenvalue weighted by atomic mass is 10.2. The van der Waals surface area contributed by atoms with Gasteiger partial charge in [-0.1, -0.05) is 18.2 Å². The Kier molecular flexibility index (Phi) is 3.60. The fourth-order valence-corrected chi connectivity index (χ4v) is 1.68. The first-order valence-electron chi connectivity index (χ1n) is 5.81. The van der Waals surface area contributed by atoms with Gasteiger partial charge in [0, 0.05) is 12.2 Å². The average molecular weight is 227 g/mol. The maximum Gasteiger partial charge on any atom is 0.0591 e. The Labute approximate surface area is 102 Å². The van der Waals surface area contributed by atoms with E-state index in [4.69, 9.17) is 0 Å². The van der Waals surface area contributed by atoms with Crippen LogP contribution < -0.4 is 10.6 Å². The maximum absolute atomic E-state index is 4.20. The summed E-state index contributed by atoms with van der Waals surface area (Å²) in [7, 11) is 0. The summed E-state index contributed by atoms with van der Waals surface area (Å²) in [6, 6.07) is 10.3. The van der Waals surface area contributed by atoms with Crippen molar-refractivity contribution in [2.24, 2.45) is 0 Å². The minimum Gasteiger partial charge on any atom is -0.384 e. The van der Waals surface area contributed by atoms with Crippen molar-refractivity contribution in [1.29, 1.82) is 0 Å². The summed E-state index contributed by atoms with van der Waals surface area (Å²) in [6.45, 7) is 5.06. The van der Waals surface area contributed by atoms with E-state index >= 15 is 0 Å². The third-order valence-corrected chi connectivity index (χ3v) is 2.54. The molecule has 2 N–H and O–H groups in total. The van der Waals surface area contributed by atoms with E-state index in [0.29, 0.717) is 0 Å². The monoisotopic (exact) mass is 227 g/mol. The average Bonchev–Trinajstić information content (AvgIpc) is 2.33. The van der Waals surface area contributed by atoms with E-state index in [-0.39, 0.29) is 0 Å². The van der Waals surface area contributed by atoms with Gasteiger partial charge < -0.3 is 10.6 Å². The van der Waals surface area contributed by atoms with Crippen molar-refractivity contribution >= 4 is 17.1 Å². The molecule has 0 aliphatic rings. The van der Waals surface area contributed by atoms with Gasteiger partial charge in [-0.05, 0) is 31.5 Å². The second-order valence-corrected chi connectivity index (χ2v) is 3.93. The molecule has 1 aromatic carbocycles. The van der Waals surface area contributed by atoms with Crippen molar-refractivity contribution in [3.05, 3.63) is 48.3 Å². The highest BCUT2D eigenvalue weighted by molar-refractivity contribution is 5.65. The molecule has 3 nitrogen and oxygen atoms in total. The zero-order valence-electron chi connectivity index (χ0n) is 10.2. The normalized spacial score (nSPS) is 10.0. The number of anilines is 3. The Morgan fingerprint density at radius 2 is 1.88 bits per heavy atom. The van der Waals surface area contributed by atoms with Gasteiger partial charge in [0.05, 0.1) is 23.8 Å². The van der Waals surface area contributed by atoms with Crippen molar-refractivity contribution in [3.63, 3.8) is 0 Å². The molecular weight excluding hydrogens is 210 g/mol. The Morgan fingerprint density at radius 3 is 2.65 bits per heavy atom. The third kappa shape index (κ3) is 2.97. The van der Waals surface area contributed by atoms with Crippen molar-refractivity contribution in [1.82, 2.24) is 4.98 Å². The molecule has 0 saturated heterocycles. The molecule has 17 heavy (non-hydrogen) atoms. The number of aromatic nitrogens is 1. The number of pyridine rings is 1. The Bertz CT molecular complexity index is 494. The van der Waals surface area contributed by atoms with Crippen LogP contribution in [0.4, 0.5) is 17.1 Å². The molecule has 0 saturated carbocycles. The number of para-hydroxylation sites is 1. The molecule has 0 fully saturated rings. The standard InChI is InChI=1S/C14H17N3/c1-3-16-12-8-13(10-15-9-12)17-14-7-5-4-6-11(14)2/h4-10,16-17H,3H2,1-2H3. The van der Waals surface area contributed by atoms with E-state index < -0.39 is 0 Å². The van der Waals surface area contributed by atoms with Gasteiger partial charge in [-0.2, -0.15) is 0 Å². The molecule has 0 aliphatic carbocycles. The maximum atomic E-state index is 4.20. The number of nitrogens with zero attached hydrogens (tertiary/aromatic N) is 1. The largest absolute Gasteiger partial charge is 0.384 e. The van der Waals surface area contributed by atoms with Crippen LogP contribution in [-0.2, 0) is 0 Å². The second kappa shape index (κ2) is 5.34. The highest BCUT2D eigenvalue weighted by Gasteiger charge is 1.99. The van der Waals surface area contributed by atoms with E-state index in [2.05, 4.69) is 47.7 Å². The Morgan fingerprint density at radius 1 is 1.12 bits per heavy atom. The van der Waals surface area contributed by atoms with Crippen LogP contribution in [0, 0.1) is 6.92 Å². The van der Waals surface area contributed by atoms with Crippen LogP contribution in [0.15, 0.2) is 42.7 Å². The van der Waals surface area contributed by atoms with Crippen LogP contribution in [0.2, 0.25) is 0 Å². The molecule has 2 rings (SSSR count). The smallest absolute Gasteiger partial charge is 0.0591 e. The summed E-state index contributed by atoms with van der Waals surface area (Å²) in [4.78, 5) is 4.20. The van der Waals surface area contributed by atoms with Crippen LogP contribution >= 0.6 is 0 Å². The van der Waals surface area contributed by atoms with Gasteiger partial charge in [-0.15, -0.1) is 0 Å². The highest BCUT2D eigenvalue weighted by atomic mass is 14.9. The second-order valence-electron chi connectivity index (χ2n) is 3.93. The SMILES string of the molecule is CCNc1cncc(Nc2ccccc2C)c1. The number of hydrogen-bond donors (Lipinski definition) is 2. The molecule has 0 amide bonds. The van der Waals surface area contributed by atoms with Crippen LogP contribution in [0.5, 0.6) is 0 Å². The molecule has 3 heteroatoms. The van der Waals surface area contributed by atoms with Gasteiger partial charge in [-0.25, -0.2) is 0 Å². The molecule has 88 valence electrons. The molecule has 1 heterocycles. The third-order valence-electron chi connectivity index (χ3n) is 2.54. The molecule has 0 unspecified atom stereocenters. The summed E-state index contributed by atoms with van der Waals surface area (Å²) >= 11 is 0. The molecule has 0 radical (unpaired) electrons. The number of nitrogens with one attached hydrogen (secondary N) is 2. The van der Waals surface area contributed by atoms with E-state index in [1.54, 1.807) is 0 Å². The number of rotatable bonds is 4. The minimum atomic E-state index is 0.898. The Hall–Kier alpha value is -2.03. The van der Waals surface area contributed by atoms with Gasteiger partial charge in [0.15, 0.2) is 0 Å². The van der Waals surface area contributed by atoms with Crippen molar-refractivity contribution in [3.8, 4) is 0 Å². The number of benzene rings is 1.